The first kappa shape index (κ1) is 25.7. The molecule has 0 spiro atoms. The molecule has 9 heteroatoms. The summed E-state index contributed by atoms with van der Waals surface area (Å²) in [5.74, 6) is -1.50. The number of aromatic nitrogens is 2. The Bertz CT molecular complexity index is 1580. The van der Waals surface area contributed by atoms with Gasteiger partial charge in [0, 0.05) is 11.5 Å². The first-order chi connectivity index (χ1) is 18.1. The van der Waals surface area contributed by atoms with Crippen molar-refractivity contribution in [1.29, 1.82) is 0 Å². The molecular weight excluding hydrogens is 520 g/mol. The summed E-state index contributed by atoms with van der Waals surface area (Å²) in [5, 5.41) is 15.0. The number of nitrogens with one attached hydrogen (secondary N) is 1. The van der Waals surface area contributed by atoms with Gasteiger partial charge in [-0.05, 0) is 82.5 Å². The number of nitrogens with zero attached hydrogens (tertiary/aromatic N) is 1. The van der Waals surface area contributed by atoms with Gasteiger partial charge in [0.15, 0.2) is 5.69 Å². The number of alkyl halides is 3. The lowest BCUT2D eigenvalue weighted by Gasteiger charge is -2.32. The molecule has 2 N–H and O–H groups in total. The van der Waals surface area contributed by atoms with Gasteiger partial charge >= 0.3 is 12.1 Å². The van der Waals surface area contributed by atoms with Gasteiger partial charge in [-0.1, -0.05) is 54.4 Å². The molecule has 4 nitrogen and oxygen atoms in total. The van der Waals surface area contributed by atoms with Crippen LogP contribution in [0.15, 0.2) is 66.7 Å². The van der Waals surface area contributed by atoms with Crippen LogP contribution in [0.3, 0.4) is 0 Å². The van der Waals surface area contributed by atoms with Crippen LogP contribution in [-0.2, 0) is 11.0 Å². The SMILES string of the molecule is O=C(O)C=Cc1ccc(C(=C(c2ccc(F)cc2Cl)C2CCC2)c2ccc3[nH]nc(C(F)(F)F)c3c2)cc1. The fourth-order valence-corrected chi connectivity index (χ4v) is 5.02. The average molecular weight is 541 g/mol. The van der Waals surface area contributed by atoms with E-state index in [9.17, 15) is 22.4 Å². The molecule has 4 aromatic rings. The quantitative estimate of drug-likeness (QED) is 0.147. The summed E-state index contributed by atoms with van der Waals surface area (Å²) >= 11 is 6.52. The molecule has 0 unspecified atom stereocenters. The third kappa shape index (κ3) is 5.09. The molecule has 0 atom stereocenters. The number of halogens is 5. The van der Waals surface area contributed by atoms with Crippen LogP contribution in [0.5, 0.6) is 0 Å². The topological polar surface area (TPSA) is 66.0 Å². The highest BCUT2D eigenvalue weighted by Crippen LogP contribution is 2.47. The zero-order valence-corrected chi connectivity index (χ0v) is 20.6. The van der Waals surface area contributed by atoms with Crippen LogP contribution in [0, 0.1) is 11.7 Å². The molecule has 5 rings (SSSR count). The second kappa shape index (κ2) is 10.1. The predicted octanol–water partition coefficient (Wildman–Crippen LogP) is 8.23. The van der Waals surface area contributed by atoms with E-state index in [0.29, 0.717) is 27.8 Å². The third-order valence-corrected chi connectivity index (χ3v) is 7.05. The first-order valence-electron chi connectivity index (χ1n) is 11.9. The van der Waals surface area contributed by atoms with E-state index in [1.807, 2.05) is 0 Å². The van der Waals surface area contributed by atoms with Crippen LogP contribution in [-0.4, -0.2) is 21.3 Å². The summed E-state index contributed by atoms with van der Waals surface area (Å²) in [6, 6.07) is 15.9. The van der Waals surface area contributed by atoms with Crippen LogP contribution in [0.2, 0.25) is 5.02 Å². The van der Waals surface area contributed by atoms with E-state index < -0.39 is 23.7 Å². The van der Waals surface area contributed by atoms with E-state index in [1.165, 1.54) is 24.3 Å². The Morgan fingerprint density at radius 3 is 2.34 bits per heavy atom. The number of fused-ring (bicyclic) bond motifs is 1. The van der Waals surface area contributed by atoms with Gasteiger partial charge in [-0.15, -0.1) is 0 Å². The minimum atomic E-state index is -4.64. The number of carboxylic acids is 1. The van der Waals surface area contributed by atoms with E-state index in [2.05, 4.69) is 10.2 Å². The molecule has 0 amide bonds. The molecule has 194 valence electrons. The molecule has 0 saturated heterocycles. The third-order valence-electron chi connectivity index (χ3n) is 6.74. The van der Waals surface area contributed by atoms with E-state index in [0.717, 1.165) is 30.9 Å². The maximum absolute atomic E-state index is 14.0. The van der Waals surface area contributed by atoms with E-state index >= 15 is 0 Å². The van der Waals surface area contributed by atoms with Gasteiger partial charge in [0.1, 0.15) is 5.82 Å². The highest BCUT2D eigenvalue weighted by atomic mass is 35.5. The van der Waals surface area contributed by atoms with Crippen LogP contribution in [0.4, 0.5) is 17.6 Å². The van der Waals surface area contributed by atoms with Gasteiger partial charge in [0.05, 0.1) is 10.5 Å². The van der Waals surface area contributed by atoms with Crippen LogP contribution in [0.25, 0.3) is 28.1 Å². The Balaban J connectivity index is 1.78. The minimum absolute atomic E-state index is 0.0633. The Labute approximate surface area is 220 Å². The smallest absolute Gasteiger partial charge is 0.435 e. The maximum Gasteiger partial charge on any atom is 0.435 e. The zero-order valence-electron chi connectivity index (χ0n) is 19.8. The van der Waals surface area contributed by atoms with Gasteiger partial charge in [-0.2, -0.15) is 18.3 Å². The summed E-state index contributed by atoms with van der Waals surface area (Å²) in [6.07, 6.45) is 0.525. The van der Waals surface area contributed by atoms with E-state index in [4.69, 9.17) is 16.7 Å². The maximum atomic E-state index is 14.0. The zero-order chi connectivity index (χ0) is 27.0. The highest BCUT2D eigenvalue weighted by Gasteiger charge is 2.36. The molecular formula is C29H21ClF4N2O2. The monoisotopic (exact) mass is 540 g/mol. The fourth-order valence-electron chi connectivity index (χ4n) is 4.76. The Hall–Kier alpha value is -3.91. The summed E-state index contributed by atoms with van der Waals surface area (Å²) in [7, 11) is 0. The number of hydrogen-bond acceptors (Lipinski definition) is 2. The second-order valence-electron chi connectivity index (χ2n) is 9.16. The number of benzene rings is 3. The van der Waals surface area contributed by atoms with Gasteiger partial charge in [-0.3, -0.25) is 5.10 Å². The van der Waals surface area contributed by atoms with Crippen molar-refractivity contribution in [2.75, 3.05) is 0 Å². The molecule has 0 aliphatic heterocycles. The van der Waals surface area contributed by atoms with Gasteiger partial charge < -0.3 is 5.11 Å². The van der Waals surface area contributed by atoms with E-state index in [1.54, 1.807) is 42.5 Å². The average Bonchev–Trinajstić information content (AvgIpc) is 3.26. The van der Waals surface area contributed by atoms with Crippen molar-refractivity contribution in [2.45, 2.75) is 25.4 Å². The van der Waals surface area contributed by atoms with Crippen LogP contribution >= 0.6 is 11.6 Å². The Morgan fingerprint density at radius 1 is 1.03 bits per heavy atom. The lowest BCUT2D eigenvalue weighted by atomic mass is 9.73. The Morgan fingerprint density at radius 2 is 1.74 bits per heavy atom. The van der Waals surface area contributed by atoms with Crippen LogP contribution in [0.1, 0.15) is 47.2 Å². The van der Waals surface area contributed by atoms with Gasteiger partial charge in [-0.25, -0.2) is 9.18 Å². The number of hydrogen-bond donors (Lipinski definition) is 2. The summed E-state index contributed by atoms with van der Waals surface area (Å²) in [4.78, 5) is 10.9. The number of rotatable bonds is 6. The van der Waals surface area contributed by atoms with Crippen molar-refractivity contribution >= 4 is 45.7 Å². The standard InChI is InChI=1S/C29H21ClF4N2O2/c30-23-15-20(31)10-11-21(23)27(17-2-1-3-17)26(18-7-4-16(5-8-18)6-13-25(37)38)19-9-12-24-22(14-19)28(36-35-24)29(32,33)34/h4-15,17H,1-3H2,(H,35,36)(H,37,38). The first-order valence-corrected chi connectivity index (χ1v) is 12.3. The molecule has 1 aliphatic rings. The normalized spacial score (nSPS) is 15.1. The second-order valence-corrected chi connectivity index (χ2v) is 9.57. The molecule has 1 fully saturated rings. The van der Waals surface area contributed by atoms with Gasteiger partial charge in [0.25, 0.3) is 0 Å². The highest BCUT2D eigenvalue weighted by molar-refractivity contribution is 6.32. The molecule has 1 aliphatic carbocycles. The van der Waals surface area contributed by atoms with E-state index in [-0.39, 0.29) is 21.8 Å². The van der Waals surface area contributed by atoms with Crippen molar-refractivity contribution in [1.82, 2.24) is 10.2 Å². The molecule has 1 aromatic heterocycles. The molecule has 38 heavy (non-hydrogen) atoms. The molecule has 0 radical (unpaired) electrons. The van der Waals surface area contributed by atoms with Crippen molar-refractivity contribution in [3.63, 3.8) is 0 Å². The number of aliphatic carboxylic acids is 1. The van der Waals surface area contributed by atoms with Gasteiger partial charge in [0.2, 0.25) is 0 Å². The lowest BCUT2D eigenvalue weighted by Crippen LogP contribution is -2.15. The molecule has 1 heterocycles. The Kier molecular flexibility index (Phi) is 6.84. The van der Waals surface area contributed by atoms with Crippen molar-refractivity contribution in [2.24, 2.45) is 5.92 Å². The van der Waals surface area contributed by atoms with Crippen molar-refractivity contribution < 1.29 is 27.5 Å². The summed E-state index contributed by atoms with van der Waals surface area (Å²) in [6.45, 7) is 0. The molecule has 0 bridgehead atoms. The largest absolute Gasteiger partial charge is 0.478 e. The molecule has 3 aromatic carbocycles. The lowest BCUT2D eigenvalue weighted by molar-refractivity contribution is -0.140. The van der Waals surface area contributed by atoms with Crippen LogP contribution < -0.4 is 0 Å². The number of allylic oxidation sites excluding steroid dienone is 1. The fraction of sp³-hybridized carbons (Fsp3) is 0.172. The number of aromatic amines is 1. The predicted molar refractivity (Wildman–Crippen MR) is 139 cm³/mol. The van der Waals surface area contributed by atoms with Crippen molar-refractivity contribution in [3.05, 3.63) is 106 Å². The summed E-state index contributed by atoms with van der Waals surface area (Å²) < 4.78 is 55.0. The number of H-pyrrole nitrogens is 1. The number of carbonyl (C=O) groups is 1. The summed E-state index contributed by atoms with van der Waals surface area (Å²) in [5.41, 5.74) is 3.24. The molecule has 1 saturated carbocycles. The number of carboxylic acid groups (broad SMARTS) is 1. The van der Waals surface area contributed by atoms with Crippen molar-refractivity contribution in [3.8, 4) is 0 Å². The minimum Gasteiger partial charge on any atom is -0.478 e.